The number of pyridine rings is 1. The molecule has 1 N–H and O–H groups in total. The predicted molar refractivity (Wildman–Crippen MR) is 96.1 cm³/mol. The Bertz CT molecular complexity index is 874. The van der Waals surface area contributed by atoms with Crippen LogP contribution >= 0.6 is 11.6 Å². The number of nitrogens with one attached hydrogen (secondary N) is 1. The minimum absolute atomic E-state index is 0.177. The second-order valence-electron chi connectivity index (χ2n) is 6.39. The first-order valence-electron chi connectivity index (χ1n) is 7.72. The minimum atomic E-state index is -0.177. The second kappa shape index (κ2) is 6.32. The van der Waals surface area contributed by atoms with E-state index in [0.717, 1.165) is 16.8 Å². The number of nitrogens with zero attached hydrogens (tertiary/aromatic N) is 2. The molecular formula is C18H20ClN3O2. The van der Waals surface area contributed by atoms with Crippen molar-refractivity contribution in [2.24, 2.45) is 0 Å². The summed E-state index contributed by atoms with van der Waals surface area (Å²) >= 11 is 6.18. The van der Waals surface area contributed by atoms with Crippen LogP contribution in [0, 0.1) is 6.92 Å². The van der Waals surface area contributed by atoms with E-state index in [9.17, 15) is 0 Å². The average molecular weight is 346 g/mol. The van der Waals surface area contributed by atoms with Crippen LogP contribution in [-0.2, 0) is 5.41 Å². The van der Waals surface area contributed by atoms with Crippen molar-refractivity contribution in [2.45, 2.75) is 26.2 Å². The van der Waals surface area contributed by atoms with E-state index in [1.807, 2.05) is 25.1 Å². The van der Waals surface area contributed by atoms with Gasteiger partial charge in [0.15, 0.2) is 11.4 Å². The predicted octanol–water partition coefficient (Wildman–Crippen LogP) is 4.58. The highest BCUT2D eigenvalue weighted by Crippen LogP contribution is 2.37. The van der Waals surface area contributed by atoms with Gasteiger partial charge in [0.05, 0.1) is 12.1 Å². The lowest BCUT2D eigenvalue weighted by molar-refractivity contribution is 0.419. The molecule has 1 aromatic carbocycles. The molecule has 0 atom stereocenters. The van der Waals surface area contributed by atoms with Gasteiger partial charge >= 0.3 is 0 Å². The summed E-state index contributed by atoms with van der Waals surface area (Å²) in [4.78, 5) is 4.63. The smallest absolute Gasteiger partial charge is 0.191 e. The highest BCUT2D eigenvalue weighted by Gasteiger charge is 2.24. The van der Waals surface area contributed by atoms with Crippen LogP contribution in [0.4, 0.5) is 5.82 Å². The van der Waals surface area contributed by atoms with Crippen LogP contribution in [-0.4, -0.2) is 23.8 Å². The maximum Gasteiger partial charge on any atom is 0.191 e. The van der Waals surface area contributed by atoms with E-state index in [2.05, 4.69) is 29.3 Å². The number of benzene rings is 1. The monoisotopic (exact) mass is 345 g/mol. The summed E-state index contributed by atoms with van der Waals surface area (Å²) in [5.74, 6) is 1.29. The molecule has 0 spiro atoms. The molecule has 0 aliphatic rings. The number of anilines is 1. The number of ether oxygens (including phenoxy) is 1. The first-order chi connectivity index (χ1) is 11.4. The van der Waals surface area contributed by atoms with Crippen molar-refractivity contribution in [3.05, 3.63) is 46.7 Å². The lowest BCUT2D eigenvalue weighted by Crippen LogP contribution is -2.29. The number of rotatable bonds is 5. The van der Waals surface area contributed by atoms with Crippen LogP contribution in [0.1, 0.15) is 25.2 Å². The minimum Gasteiger partial charge on any atom is -0.496 e. The van der Waals surface area contributed by atoms with Crippen molar-refractivity contribution in [1.29, 1.82) is 0 Å². The standard InChI is InChI=1S/C18H20ClN3O2/c1-11-6-5-7-14(21-11)18(2,3)10-20-17-15-13(23-4)9-8-12(19)16(15)24-22-17/h5-9H,10H2,1-4H3,(H,20,22). The number of hydrogen-bond acceptors (Lipinski definition) is 5. The zero-order valence-electron chi connectivity index (χ0n) is 14.2. The molecule has 0 radical (unpaired) electrons. The summed E-state index contributed by atoms with van der Waals surface area (Å²) in [6, 6.07) is 9.59. The van der Waals surface area contributed by atoms with Crippen molar-refractivity contribution in [3.63, 3.8) is 0 Å². The fourth-order valence-electron chi connectivity index (χ4n) is 2.60. The van der Waals surface area contributed by atoms with Crippen LogP contribution in [0.5, 0.6) is 5.75 Å². The third-order valence-corrected chi connectivity index (χ3v) is 4.33. The van der Waals surface area contributed by atoms with Crippen molar-refractivity contribution in [1.82, 2.24) is 10.1 Å². The first-order valence-corrected chi connectivity index (χ1v) is 8.10. The zero-order chi connectivity index (χ0) is 17.3. The Labute approximate surface area is 146 Å². The van der Waals surface area contributed by atoms with E-state index in [1.165, 1.54) is 0 Å². The van der Waals surface area contributed by atoms with Gasteiger partial charge in [-0.2, -0.15) is 0 Å². The zero-order valence-corrected chi connectivity index (χ0v) is 14.9. The van der Waals surface area contributed by atoms with Crippen molar-refractivity contribution in [3.8, 4) is 5.75 Å². The largest absolute Gasteiger partial charge is 0.496 e. The molecule has 24 heavy (non-hydrogen) atoms. The summed E-state index contributed by atoms with van der Waals surface area (Å²) < 4.78 is 10.8. The number of hydrogen-bond donors (Lipinski definition) is 1. The Morgan fingerprint density at radius 2 is 2.04 bits per heavy atom. The highest BCUT2D eigenvalue weighted by molar-refractivity contribution is 6.35. The fraction of sp³-hybridized carbons (Fsp3) is 0.333. The molecule has 2 heterocycles. The number of halogens is 1. The molecule has 0 saturated carbocycles. The molecule has 6 heteroatoms. The van der Waals surface area contributed by atoms with Crippen LogP contribution in [0.25, 0.3) is 11.0 Å². The summed E-state index contributed by atoms with van der Waals surface area (Å²) in [5, 5.41) is 8.71. The third-order valence-electron chi connectivity index (χ3n) is 4.04. The van der Waals surface area contributed by atoms with Gasteiger partial charge in [0.1, 0.15) is 11.1 Å². The SMILES string of the molecule is COc1ccc(Cl)c2onc(NCC(C)(C)c3cccc(C)n3)c12. The molecule has 3 rings (SSSR count). The number of aromatic nitrogens is 2. The maximum absolute atomic E-state index is 6.18. The molecule has 0 amide bonds. The Balaban J connectivity index is 1.89. The first kappa shape index (κ1) is 16.6. The molecule has 0 aliphatic carbocycles. The molecule has 5 nitrogen and oxygen atoms in total. The molecule has 0 saturated heterocycles. The Morgan fingerprint density at radius 3 is 2.75 bits per heavy atom. The third kappa shape index (κ3) is 3.04. The summed E-state index contributed by atoms with van der Waals surface area (Å²) in [6.07, 6.45) is 0. The van der Waals surface area contributed by atoms with Gasteiger partial charge in [-0.05, 0) is 31.2 Å². The van der Waals surface area contributed by atoms with Crippen LogP contribution in [0.2, 0.25) is 5.02 Å². The lowest BCUT2D eigenvalue weighted by Gasteiger charge is -2.24. The maximum atomic E-state index is 6.18. The second-order valence-corrected chi connectivity index (χ2v) is 6.79. The number of fused-ring (bicyclic) bond motifs is 1. The highest BCUT2D eigenvalue weighted by atomic mass is 35.5. The average Bonchev–Trinajstić information content (AvgIpc) is 2.99. The topological polar surface area (TPSA) is 60.2 Å². The van der Waals surface area contributed by atoms with Gasteiger partial charge < -0.3 is 14.6 Å². The molecule has 0 unspecified atom stereocenters. The fourth-order valence-corrected chi connectivity index (χ4v) is 2.79. The van der Waals surface area contributed by atoms with Gasteiger partial charge in [0.25, 0.3) is 0 Å². The molecule has 126 valence electrons. The number of methoxy groups -OCH3 is 1. The Hall–Kier alpha value is -2.27. The Kier molecular flexibility index (Phi) is 4.37. The summed E-state index contributed by atoms with van der Waals surface area (Å²) in [7, 11) is 1.61. The van der Waals surface area contributed by atoms with Gasteiger partial charge in [-0.1, -0.05) is 36.7 Å². The van der Waals surface area contributed by atoms with E-state index in [4.69, 9.17) is 20.9 Å². The lowest BCUT2D eigenvalue weighted by atomic mass is 9.88. The van der Waals surface area contributed by atoms with Crippen LogP contribution < -0.4 is 10.1 Å². The number of aryl methyl sites for hydroxylation is 1. The molecular weight excluding hydrogens is 326 g/mol. The van der Waals surface area contributed by atoms with E-state index in [1.54, 1.807) is 19.2 Å². The van der Waals surface area contributed by atoms with Gasteiger partial charge in [-0.15, -0.1) is 0 Å². The van der Waals surface area contributed by atoms with Gasteiger partial charge in [0, 0.05) is 23.3 Å². The molecule has 0 fully saturated rings. The summed E-state index contributed by atoms with van der Waals surface area (Å²) in [6.45, 7) is 6.90. The normalized spacial score (nSPS) is 11.7. The molecule has 0 aliphatic heterocycles. The molecule has 0 bridgehead atoms. The molecule has 2 aromatic heterocycles. The van der Waals surface area contributed by atoms with Crippen molar-refractivity contribution >= 4 is 28.4 Å². The molecule has 3 aromatic rings. The quantitative estimate of drug-likeness (QED) is 0.733. The van der Waals surface area contributed by atoms with Crippen LogP contribution in [0.3, 0.4) is 0 Å². The van der Waals surface area contributed by atoms with E-state index < -0.39 is 0 Å². The van der Waals surface area contributed by atoms with E-state index >= 15 is 0 Å². The van der Waals surface area contributed by atoms with Gasteiger partial charge in [0.2, 0.25) is 0 Å². The van der Waals surface area contributed by atoms with Crippen LogP contribution in [0.15, 0.2) is 34.9 Å². The van der Waals surface area contributed by atoms with E-state index in [-0.39, 0.29) is 5.41 Å². The van der Waals surface area contributed by atoms with E-state index in [0.29, 0.717) is 28.7 Å². The van der Waals surface area contributed by atoms with Crippen molar-refractivity contribution < 1.29 is 9.26 Å². The summed E-state index contributed by atoms with van der Waals surface area (Å²) in [5.41, 5.74) is 2.36. The van der Waals surface area contributed by atoms with Gasteiger partial charge in [-0.3, -0.25) is 4.98 Å². The van der Waals surface area contributed by atoms with Gasteiger partial charge in [-0.25, -0.2) is 0 Å². The van der Waals surface area contributed by atoms with Crippen molar-refractivity contribution in [2.75, 3.05) is 19.0 Å². The Morgan fingerprint density at radius 1 is 1.25 bits per heavy atom.